The van der Waals surface area contributed by atoms with E-state index in [9.17, 15) is 13.6 Å². The summed E-state index contributed by atoms with van der Waals surface area (Å²) in [7, 11) is 0. The van der Waals surface area contributed by atoms with Crippen molar-refractivity contribution in [1.29, 1.82) is 0 Å². The number of hydrogen-bond donors (Lipinski definition) is 0. The lowest BCUT2D eigenvalue weighted by molar-refractivity contribution is -0.150. The van der Waals surface area contributed by atoms with Gasteiger partial charge in [0.15, 0.2) is 5.67 Å². The molecule has 32 heavy (non-hydrogen) atoms. The van der Waals surface area contributed by atoms with Crippen LogP contribution >= 0.6 is 0 Å². The SMILES string of the molecule is O=C(N1CCC(OCc2c(F)cccc2F)CC1)C1(F)CCN(CC2CCOCC2)CC1. The Kier molecular flexibility index (Phi) is 7.74. The zero-order chi connectivity index (χ0) is 22.6. The maximum Gasteiger partial charge on any atom is 0.260 e. The van der Waals surface area contributed by atoms with Crippen molar-refractivity contribution in [1.82, 2.24) is 9.80 Å². The molecule has 0 aliphatic carbocycles. The quantitative estimate of drug-likeness (QED) is 0.658. The van der Waals surface area contributed by atoms with Gasteiger partial charge in [-0.15, -0.1) is 0 Å². The van der Waals surface area contributed by atoms with Gasteiger partial charge in [0.05, 0.1) is 12.7 Å². The fraction of sp³-hybridized carbons (Fsp3) is 0.708. The third kappa shape index (κ3) is 5.64. The van der Waals surface area contributed by atoms with Gasteiger partial charge in [0.25, 0.3) is 5.91 Å². The number of halogens is 3. The summed E-state index contributed by atoms with van der Waals surface area (Å²) in [6, 6.07) is 3.73. The fourth-order valence-corrected chi connectivity index (χ4v) is 4.98. The van der Waals surface area contributed by atoms with E-state index in [0.717, 1.165) is 32.6 Å². The van der Waals surface area contributed by atoms with Crippen LogP contribution in [0.4, 0.5) is 13.2 Å². The zero-order valence-electron chi connectivity index (χ0n) is 18.5. The number of likely N-dealkylation sites (tertiary alicyclic amines) is 2. The lowest BCUT2D eigenvalue weighted by atomic mass is 9.89. The van der Waals surface area contributed by atoms with Crippen molar-refractivity contribution in [2.24, 2.45) is 5.92 Å². The molecule has 1 aromatic rings. The van der Waals surface area contributed by atoms with Crippen LogP contribution in [0.5, 0.6) is 0 Å². The van der Waals surface area contributed by atoms with Crippen molar-refractivity contribution in [3.05, 3.63) is 35.4 Å². The highest BCUT2D eigenvalue weighted by Gasteiger charge is 2.45. The first kappa shape index (κ1) is 23.5. The van der Waals surface area contributed by atoms with E-state index in [1.54, 1.807) is 4.90 Å². The van der Waals surface area contributed by atoms with E-state index >= 15 is 4.39 Å². The van der Waals surface area contributed by atoms with Gasteiger partial charge in [-0.1, -0.05) is 6.07 Å². The molecule has 3 heterocycles. The van der Waals surface area contributed by atoms with Crippen LogP contribution in [0.1, 0.15) is 44.1 Å². The molecule has 1 aromatic carbocycles. The summed E-state index contributed by atoms with van der Waals surface area (Å²) in [5, 5.41) is 0. The first-order valence-electron chi connectivity index (χ1n) is 11.8. The smallest absolute Gasteiger partial charge is 0.260 e. The Morgan fingerprint density at radius 3 is 2.28 bits per heavy atom. The van der Waals surface area contributed by atoms with Gasteiger partial charge in [0, 0.05) is 64.3 Å². The molecule has 3 aliphatic heterocycles. The van der Waals surface area contributed by atoms with Gasteiger partial charge in [0.1, 0.15) is 11.6 Å². The minimum Gasteiger partial charge on any atom is -0.381 e. The molecule has 8 heteroatoms. The molecule has 0 bridgehead atoms. The lowest BCUT2D eigenvalue weighted by Gasteiger charge is -2.41. The molecule has 0 atom stereocenters. The second-order valence-corrected chi connectivity index (χ2v) is 9.32. The van der Waals surface area contributed by atoms with Crippen molar-refractivity contribution in [2.45, 2.75) is 56.9 Å². The summed E-state index contributed by atoms with van der Waals surface area (Å²) < 4.78 is 54.1. The molecular formula is C24H33F3N2O3. The van der Waals surface area contributed by atoms with Gasteiger partial charge in [-0.2, -0.15) is 0 Å². The van der Waals surface area contributed by atoms with Gasteiger partial charge in [-0.25, -0.2) is 13.2 Å². The van der Waals surface area contributed by atoms with Crippen molar-refractivity contribution < 1.29 is 27.4 Å². The highest BCUT2D eigenvalue weighted by atomic mass is 19.1. The number of ether oxygens (including phenoxy) is 2. The van der Waals surface area contributed by atoms with Crippen LogP contribution in [0.2, 0.25) is 0 Å². The van der Waals surface area contributed by atoms with E-state index in [0.29, 0.717) is 44.9 Å². The number of carbonyl (C=O) groups is 1. The number of carbonyl (C=O) groups excluding carboxylic acids is 1. The number of piperidine rings is 2. The standard InChI is InChI=1S/C24H33F3N2O3/c25-21-2-1-3-22(26)20(21)17-32-19-4-10-29(11-5-19)23(30)24(27)8-12-28(13-9-24)16-18-6-14-31-15-7-18/h1-3,18-19H,4-17H2. The van der Waals surface area contributed by atoms with Gasteiger partial charge >= 0.3 is 0 Å². The number of amides is 1. The van der Waals surface area contributed by atoms with E-state index < -0.39 is 23.2 Å². The molecule has 3 aliphatic rings. The zero-order valence-corrected chi connectivity index (χ0v) is 18.5. The molecule has 4 rings (SSSR count). The lowest BCUT2D eigenvalue weighted by Crippen LogP contribution is -2.54. The summed E-state index contributed by atoms with van der Waals surface area (Å²) in [4.78, 5) is 16.8. The maximum atomic E-state index is 15.5. The Labute approximate surface area is 187 Å². The summed E-state index contributed by atoms with van der Waals surface area (Å²) in [5.41, 5.74) is -1.88. The van der Waals surface area contributed by atoms with Crippen molar-refractivity contribution in [2.75, 3.05) is 45.9 Å². The number of hydrogen-bond acceptors (Lipinski definition) is 4. The molecule has 0 saturated carbocycles. The summed E-state index contributed by atoms with van der Waals surface area (Å²) in [5.74, 6) is -1.06. The first-order valence-corrected chi connectivity index (χ1v) is 11.8. The van der Waals surface area contributed by atoms with Crippen LogP contribution in [-0.4, -0.2) is 73.4 Å². The van der Waals surface area contributed by atoms with E-state index in [-0.39, 0.29) is 31.1 Å². The Morgan fingerprint density at radius 1 is 1.03 bits per heavy atom. The Morgan fingerprint density at radius 2 is 1.66 bits per heavy atom. The highest BCUT2D eigenvalue weighted by molar-refractivity contribution is 5.85. The van der Waals surface area contributed by atoms with Crippen molar-refractivity contribution in [3.63, 3.8) is 0 Å². The first-order chi connectivity index (χ1) is 15.4. The third-order valence-electron chi connectivity index (χ3n) is 7.14. The Bertz CT molecular complexity index is 752. The molecule has 0 N–H and O–H groups in total. The van der Waals surface area contributed by atoms with Gasteiger partial charge in [0.2, 0.25) is 0 Å². The van der Waals surface area contributed by atoms with Crippen LogP contribution in [0.3, 0.4) is 0 Å². The molecule has 3 fully saturated rings. The average Bonchev–Trinajstić information content (AvgIpc) is 2.81. The van der Waals surface area contributed by atoms with Crippen LogP contribution in [-0.2, 0) is 20.9 Å². The second-order valence-electron chi connectivity index (χ2n) is 9.32. The summed E-state index contributed by atoms with van der Waals surface area (Å²) >= 11 is 0. The Balaban J connectivity index is 1.21. The van der Waals surface area contributed by atoms with Crippen molar-refractivity contribution in [3.8, 4) is 0 Å². The summed E-state index contributed by atoms with van der Waals surface area (Å²) in [6.07, 6.45) is 3.44. The molecule has 178 valence electrons. The van der Waals surface area contributed by atoms with Gasteiger partial charge < -0.3 is 19.3 Å². The van der Waals surface area contributed by atoms with E-state index in [2.05, 4.69) is 4.90 Å². The molecule has 1 amide bonds. The van der Waals surface area contributed by atoms with Crippen LogP contribution in [0, 0.1) is 17.6 Å². The number of alkyl halides is 1. The number of benzene rings is 1. The molecular weight excluding hydrogens is 421 g/mol. The topological polar surface area (TPSA) is 42.0 Å². The highest BCUT2D eigenvalue weighted by Crippen LogP contribution is 2.31. The second kappa shape index (κ2) is 10.5. The molecule has 0 spiro atoms. The summed E-state index contributed by atoms with van der Waals surface area (Å²) in [6.45, 7) is 4.44. The van der Waals surface area contributed by atoms with Crippen LogP contribution < -0.4 is 0 Å². The third-order valence-corrected chi connectivity index (χ3v) is 7.14. The van der Waals surface area contributed by atoms with E-state index in [1.807, 2.05) is 0 Å². The molecule has 0 unspecified atom stereocenters. The van der Waals surface area contributed by atoms with Crippen LogP contribution in [0.15, 0.2) is 18.2 Å². The average molecular weight is 455 g/mol. The normalized spacial score (nSPS) is 23.4. The van der Waals surface area contributed by atoms with E-state index in [4.69, 9.17) is 9.47 Å². The van der Waals surface area contributed by atoms with E-state index in [1.165, 1.54) is 18.2 Å². The van der Waals surface area contributed by atoms with Gasteiger partial charge in [-0.3, -0.25) is 4.79 Å². The molecule has 3 saturated heterocycles. The van der Waals surface area contributed by atoms with Crippen molar-refractivity contribution >= 4 is 5.91 Å². The fourth-order valence-electron chi connectivity index (χ4n) is 4.98. The molecule has 0 aromatic heterocycles. The Hall–Kier alpha value is -1.64. The number of rotatable bonds is 6. The minimum atomic E-state index is -1.80. The monoisotopic (exact) mass is 454 g/mol. The predicted octanol–water partition coefficient (Wildman–Crippen LogP) is 3.70. The minimum absolute atomic E-state index is 0.0822. The van der Waals surface area contributed by atoms with Gasteiger partial charge in [-0.05, 0) is 43.7 Å². The van der Waals surface area contributed by atoms with Crippen LogP contribution in [0.25, 0.3) is 0 Å². The largest absolute Gasteiger partial charge is 0.381 e. The molecule has 5 nitrogen and oxygen atoms in total. The number of nitrogens with zero attached hydrogens (tertiary/aromatic N) is 2. The maximum absolute atomic E-state index is 15.5. The molecule has 0 radical (unpaired) electrons. The predicted molar refractivity (Wildman–Crippen MR) is 114 cm³/mol.